The van der Waals surface area contributed by atoms with Gasteiger partial charge in [0.2, 0.25) is 5.91 Å². The Morgan fingerprint density at radius 1 is 1.43 bits per heavy atom. The standard InChI is InChI=1S/C16H19NO4/c1-16(2)8-11(16)14(18)17-13(15(19)20)10-3-4-12-9(7-10)5-6-21-12/h3-4,7,11,13H,5-6,8H2,1-2H3,(H,17,18)(H,19,20)/t11-,13?/m1/s1. The molecule has 0 radical (unpaired) electrons. The summed E-state index contributed by atoms with van der Waals surface area (Å²) in [5, 5.41) is 12.1. The van der Waals surface area contributed by atoms with Crippen molar-refractivity contribution in [3.05, 3.63) is 29.3 Å². The van der Waals surface area contributed by atoms with Crippen LogP contribution in [-0.2, 0) is 16.0 Å². The molecule has 2 N–H and O–H groups in total. The van der Waals surface area contributed by atoms with Crippen LogP contribution in [0.1, 0.15) is 37.4 Å². The van der Waals surface area contributed by atoms with Gasteiger partial charge in [0.1, 0.15) is 5.75 Å². The maximum Gasteiger partial charge on any atom is 0.330 e. The highest BCUT2D eigenvalue weighted by Gasteiger charge is 2.51. The molecule has 112 valence electrons. The number of nitrogens with one attached hydrogen (secondary N) is 1. The van der Waals surface area contributed by atoms with Crippen LogP contribution < -0.4 is 10.1 Å². The molecule has 1 fully saturated rings. The summed E-state index contributed by atoms with van der Waals surface area (Å²) in [7, 11) is 0. The Labute approximate surface area is 123 Å². The first kappa shape index (κ1) is 13.9. The number of ether oxygens (including phenoxy) is 1. The number of carboxylic acids is 1. The summed E-state index contributed by atoms with van der Waals surface area (Å²) in [6, 6.07) is 4.31. The molecule has 21 heavy (non-hydrogen) atoms. The fourth-order valence-electron chi connectivity index (χ4n) is 2.83. The van der Waals surface area contributed by atoms with E-state index in [-0.39, 0.29) is 17.2 Å². The highest BCUT2D eigenvalue weighted by atomic mass is 16.5. The quantitative estimate of drug-likeness (QED) is 0.887. The summed E-state index contributed by atoms with van der Waals surface area (Å²) in [6.45, 7) is 4.65. The van der Waals surface area contributed by atoms with Crippen LogP contribution in [0.3, 0.4) is 0 Å². The first-order chi connectivity index (χ1) is 9.88. The second kappa shape index (κ2) is 4.76. The van der Waals surface area contributed by atoms with Crippen molar-refractivity contribution in [1.29, 1.82) is 0 Å². The Bertz CT molecular complexity index is 608. The van der Waals surface area contributed by atoms with Crippen molar-refractivity contribution in [3.8, 4) is 5.75 Å². The molecule has 2 aliphatic rings. The molecule has 0 bridgehead atoms. The van der Waals surface area contributed by atoms with Crippen LogP contribution in [-0.4, -0.2) is 23.6 Å². The zero-order valence-corrected chi connectivity index (χ0v) is 12.2. The van der Waals surface area contributed by atoms with Gasteiger partial charge in [-0.05, 0) is 35.1 Å². The summed E-state index contributed by atoms with van der Waals surface area (Å²) in [5.41, 5.74) is 1.58. The molecule has 3 rings (SSSR count). The molecule has 1 aromatic rings. The summed E-state index contributed by atoms with van der Waals surface area (Å²) < 4.78 is 5.42. The van der Waals surface area contributed by atoms with Crippen molar-refractivity contribution in [3.63, 3.8) is 0 Å². The number of carboxylic acid groups (broad SMARTS) is 1. The van der Waals surface area contributed by atoms with Gasteiger partial charge in [-0.3, -0.25) is 4.79 Å². The first-order valence-corrected chi connectivity index (χ1v) is 7.17. The van der Waals surface area contributed by atoms with E-state index in [1.54, 1.807) is 12.1 Å². The lowest BCUT2D eigenvalue weighted by atomic mass is 10.0. The van der Waals surface area contributed by atoms with Crippen molar-refractivity contribution in [1.82, 2.24) is 5.32 Å². The number of carbonyl (C=O) groups is 2. The Balaban J connectivity index is 1.79. The fraction of sp³-hybridized carbons (Fsp3) is 0.500. The van der Waals surface area contributed by atoms with Crippen LogP contribution in [0.5, 0.6) is 5.75 Å². The van der Waals surface area contributed by atoms with E-state index >= 15 is 0 Å². The van der Waals surface area contributed by atoms with E-state index in [0.717, 1.165) is 24.2 Å². The number of hydrogen-bond acceptors (Lipinski definition) is 3. The molecule has 0 spiro atoms. The predicted octanol–water partition coefficient (Wildman–Crippen LogP) is 1.91. The van der Waals surface area contributed by atoms with Crippen LogP contribution >= 0.6 is 0 Å². The SMILES string of the molecule is CC1(C)C[C@@H]1C(=O)NC(C(=O)O)c1ccc2c(c1)CCO2. The molecule has 5 nitrogen and oxygen atoms in total. The average Bonchev–Trinajstić information content (AvgIpc) is 2.86. The largest absolute Gasteiger partial charge is 0.493 e. The Kier molecular flexibility index (Phi) is 3.15. The number of carbonyl (C=O) groups excluding carboxylic acids is 1. The highest BCUT2D eigenvalue weighted by molar-refractivity contribution is 5.88. The molecule has 1 aromatic carbocycles. The van der Waals surface area contributed by atoms with Crippen LogP contribution in [0.2, 0.25) is 0 Å². The van der Waals surface area contributed by atoms with E-state index in [2.05, 4.69) is 5.32 Å². The third-order valence-corrected chi connectivity index (χ3v) is 4.41. The van der Waals surface area contributed by atoms with E-state index in [1.807, 2.05) is 19.9 Å². The molecular formula is C16H19NO4. The minimum atomic E-state index is -1.04. The Morgan fingerprint density at radius 3 is 2.76 bits per heavy atom. The minimum absolute atomic E-state index is 0.0150. The molecule has 1 saturated carbocycles. The molecule has 1 unspecified atom stereocenters. The smallest absolute Gasteiger partial charge is 0.330 e. The van der Waals surface area contributed by atoms with Gasteiger partial charge in [0, 0.05) is 12.3 Å². The van der Waals surface area contributed by atoms with Gasteiger partial charge in [-0.2, -0.15) is 0 Å². The Hall–Kier alpha value is -2.04. The molecule has 0 saturated heterocycles. The summed E-state index contributed by atoms with van der Waals surface area (Å²) in [4.78, 5) is 23.6. The number of amides is 1. The topological polar surface area (TPSA) is 75.6 Å². The van der Waals surface area contributed by atoms with Gasteiger partial charge in [0.25, 0.3) is 0 Å². The first-order valence-electron chi connectivity index (χ1n) is 7.17. The molecule has 1 heterocycles. The molecule has 1 aliphatic carbocycles. The summed E-state index contributed by atoms with van der Waals surface area (Å²) in [5.74, 6) is -0.500. The minimum Gasteiger partial charge on any atom is -0.493 e. The van der Waals surface area contributed by atoms with Crippen molar-refractivity contribution in [2.24, 2.45) is 11.3 Å². The van der Waals surface area contributed by atoms with Gasteiger partial charge < -0.3 is 15.2 Å². The predicted molar refractivity (Wildman–Crippen MR) is 76.0 cm³/mol. The van der Waals surface area contributed by atoms with E-state index < -0.39 is 12.0 Å². The van der Waals surface area contributed by atoms with Gasteiger partial charge in [0.15, 0.2) is 6.04 Å². The maximum atomic E-state index is 12.1. The van der Waals surface area contributed by atoms with Crippen LogP contribution in [0.25, 0.3) is 0 Å². The van der Waals surface area contributed by atoms with E-state index in [9.17, 15) is 14.7 Å². The highest BCUT2D eigenvalue weighted by Crippen LogP contribution is 2.51. The number of hydrogen-bond donors (Lipinski definition) is 2. The van der Waals surface area contributed by atoms with Gasteiger partial charge in [-0.15, -0.1) is 0 Å². The third-order valence-electron chi connectivity index (χ3n) is 4.41. The van der Waals surface area contributed by atoms with Crippen LogP contribution in [0.15, 0.2) is 18.2 Å². The maximum absolute atomic E-state index is 12.1. The lowest BCUT2D eigenvalue weighted by molar-refractivity contribution is -0.142. The normalized spacial score (nSPS) is 22.9. The van der Waals surface area contributed by atoms with Crippen molar-refractivity contribution >= 4 is 11.9 Å². The van der Waals surface area contributed by atoms with Crippen molar-refractivity contribution < 1.29 is 19.4 Å². The lowest BCUT2D eigenvalue weighted by Gasteiger charge is -2.16. The zero-order chi connectivity index (χ0) is 15.2. The summed E-state index contributed by atoms with van der Waals surface area (Å²) >= 11 is 0. The van der Waals surface area contributed by atoms with Crippen molar-refractivity contribution in [2.75, 3.05) is 6.61 Å². The van der Waals surface area contributed by atoms with Gasteiger partial charge >= 0.3 is 5.97 Å². The fourth-order valence-corrected chi connectivity index (χ4v) is 2.83. The molecule has 1 aliphatic heterocycles. The van der Waals surface area contributed by atoms with Gasteiger partial charge in [0.05, 0.1) is 6.61 Å². The zero-order valence-electron chi connectivity index (χ0n) is 12.2. The molecule has 0 aromatic heterocycles. The van der Waals surface area contributed by atoms with E-state index in [4.69, 9.17) is 4.74 Å². The molecule has 2 atom stereocenters. The van der Waals surface area contributed by atoms with E-state index in [0.29, 0.717) is 12.2 Å². The summed E-state index contributed by atoms with van der Waals surface area (Å²) in [6.07, 6.45) is 1.59. The van der Waals surface area contributed by atoms with Gasteiger partial charge in [-0.25, -0.2) is 4.79 Å². The molecular weight excluding hydrogens is 270 g/mol. The molecule has 5 heteroatoms. The second-order valence-corrected chi connectivity index (χ2v) is 6.49. The molecule has 1 amide bonds. The number of rotatable bonds is 4. The Morgan fingerprint density at radius 2 is 2.14 bits per heavy atom. The van der Waals surface area contributed by atoms with E-state index in [1.165, 1.54) is 0 Å². The number of aliphatic carboxylic acids is 1. The van der Waals surface area contributed by atoms with Gasteiger partial charge in [-0.1, -0.05) is 19.9 Å². The average molecular weight is 289 g/mol. The lowest BCUT2D eigenvalue weighted by Crippen LogP contribution is -2.35. The van der Waals surface area contributed by atoms with Crippen LogP contribution in [0.4, 0.5) is 0 Å². The number of fused-ring (bicyclic) bond motifs is 1. The third kappa shape index (κ3) is 2.60. The number of benzene rings is 1. The second-order valence-electron chi connectivity index (χ2n) is 6.49. The monoisotopic (exact) mass is 289 g/mol. The van der Waals surface area contributed by atoms with Crippen LogP contribution in [0, 0.1) is 11.3 Å². The van der Waals surface area contributed by atoms with Crippen molar-refractivity contribution in [2.45, 2.75) is 32.7 Å².